The van der Waals surface area contributed by atoms with Gasteiger partial charge in [0.25, 0.3) is 0 Å². The van der Waals surface area contributed by atoms with Crippen LogP contribution in [0.25, 0.3) is 0 Å². The van der Waals surface area contributed by atoms with Crippen LogP contribution in [0.3, 0.4) is 0 Å². The van der Waals surface area contributed by atoms with Gasteiger partial charge in [-0.25, -0.2) is 0 Å². The molecule has 0 radical (unpaired) electrons. The molecule has 0 bridgehead atoms. The van der Waals surface area contributed by atoms with Gasteiger partial charge in [-0.05, 0) is 36.2 Å². The first-order chi connectivity index (χ1) is 9.10. The molecule has 0 aliphatic rings. The minimum atomic E-state index is -0.115. The summed E-state index contributed by atoms with van der Waals surface area (Å²) in [5.74, 6) is 5.60. The maximum atomic E-state index is 6.20. The molecule has 1 aromatic heterocycles. The second-order valence-corrected chi connectivity index (χ2v) is 5.82. The lowest BCUT2D eigenvalue weighted by Crippen LogP contribution is -2.30. The number of halogens is 3. The number of hydrogen-bond donors (Lipinski definition) is 2. The highest BCUT2D eigenvalue weighted by molar-refractivity contribution is 9.10. The maximum absolute atomic E-state index is 6.20. The molecule has 0 aliphatic carbocycles. The molecule has 0 saturated carbocycles. The Balaban J connectivity index is 2.21. The molecule has 0 saturated heterocycles. The third kappa shape index (κ3) is 3.91. The van der Waals surface area contributed by atoms with Gasteiger partial charge in [-0.3, -0.25) is 16.3 Å². The van der Waals surface area contributed by atoms with Crippen LogP contribution in [0.15, 0.2) is 41.0 Å². The lowest BCUT2D eigenvalue weighted by Gasteiger charge is -2.16. The molecule has 0 fully saturated rings. The van der Waals surface area contributed by atoms with Gasteiger partial charge in [-0.15, -0.1) is 0 Å². The van der Waals surface area contributed by atoms with E-state index >= 15 is 0 Å². The predicted octanol–water partition coefficient (Wildman–Crippen LogP) is 3.90. The van der Waals surface area contributed by atoms with E-state index in [2.05, 4.69) is 26.3 Å². The van der Waals surface area contributed by atoms with Crippen LogP contribution >= 0.6 is 39.1 Å². The fourth-order valence-electron chi connectivity index (χ4n) is 1.75. The Labute approximate surface area is 130 Å². The Bertz CT molecular complexity index is 560. The molecule has 1 unspecified atom stereocenters. The zero-order chi connectivity index (χ0) is 13.8. The number of hydrogen-bond acceptors (Lipinski definition) is 3. The lowest BCUT2D eigenvalue weighted by molar-refractivity contribution is 0.538. The maximum Gasteiger partial charge on any atom is 0.0672 e. The molecule has 1 aromatic carbocycles. The fraction of sp³-hybridized carbons (Fsp3) is 0.154. The fourth-order valence-corrected chi connectivity index (χ4v) is 2.61. The van der Waals surface area contributed by atoms with Gasteiger partial charge in [-0.2, -0.15) is 0 Å². The topological polar surface area (TPSA) is 50.9 Å². The molecule has 0 aliphatic heterocycles. The Kier molecular flexibility index (Phi) is 5.19. The molecule has 1 atom stereocenters. The summed E-state index contributed by atoms with van der Waals surface area (Å²) in [5, 5.41) is 1.30. The summed E-state index contributed by atoms with van der Waals surface area (Å²) in [6, 6.07) is 9.30. The van der Waals surface area contributed by atoms with E-state index in [9.17, 15) is 0 Å². The molecule has 6 heteroatoms. The Morgan fingerprint density at radius 3 is 2.63 bits per heavy atom. The van der Waals surface area contributed by atoms with Crippen LogP contribution in [-0.4, -0.2) is 4.98 Å². The van der Waals surface area contributed by atoms with Crippen molar-refractivity contribution in [2.75, 3.05) is 0 Å². The summed E-state index contributed by atoms with van der Waals surface area (Å²) in [6.45, 7) is 0. The van der Waals surface area contributed by atoms with Gasteiger partial charge in [0.1, 0.15) is 0 Å². The SMILES string of the molecule is NNC(Cc1ccc(Br)cc1Cl)c1ccc(Cl)cn1. The highest BCUT2D eigenvalue weighted by atomic mass is 79.9. The molecule has 2 rings (SSSR count). The van der Waals surface area contributed by atoms with E-state index in [1.54, 1.807) is 12.3 Å². The minimum Gasteiger partial charge on any atom is -0.271 e. The predicted molar refractivity (Wildman–Crippen MR) is 82.2 cm³/mol. The van der Waals surface area contributed by atoms with Gasteiger partial charge < -0.3 is 0 Å². The second kappa shape index (κ2) is 6.68. The van der Waals surface area contributed by atoms with Crippen LogP contribution in [0.2, 0.25) is 10.0 Å². The Morgan fingerprint density at radius 1 is 1.26 bits per heavy atom. The monoisotopic (exact) mass is 359 g/mol. The molecular weight excluding hydrogens is 349 g/mol. The van der Waals surface area contributed by atoms with Crippen LogP contribution in [-0.2, 0) is 6.42 Å². The second-order valence-electron chi connectivity index (χ2n) is 4.06. The highest BCUT2D eigenvalue weighted by Gasteiger charge is 2.14. The smallest absolute Gasteiger partial charge is 0.0672 e. The third-order valence-electron chi connectivity index (χ3n) is 2.75. The van der Waals surface area contributed by atoms with Gasteiger partial charge in [-0.1, -0.05) is 45.2 Å². The zero-order valence-corrected chi connectivity index (χ0v) is 13.0. The van der Waals surface area contributed by atoms with E-state index in [0.717, 1.165) is 15.7 Å². The van der Waals surface area contributed by atoms with E-state index in [4.69, 9.17) is 29.0 Å². The van der Waals surface area contributed by atoms with Crippen molar-refractivity contribution in [1.29, 1.82) is 0 Å². The van der Waals surface area contributed by atoms with Crippen molar-refractivity contribution in [2.24, 2.45) is 5.84 Å². The van der Waals surface area contributed by atoms with Crippen LogP contribution < -0.4 is 11.3 Å². The minimum absolute atomic E-state index is 0.115. The van der Waals surface area contributed by atoms with Crippen molar-refractivity contribution < 1.29 is 0 Å². The Morgan fingerprint density at radius 2 is 2.05 bits per heavy atom. The molecule has 100 valence electrons. The van der Waals surface area contributed by atoms with E-state index in [-0.39, 0.29) is 6.04 Å². The molecule has 1 heterocycles. The first-order valence-corrected chi connectivity index (χ1v) is 7.16. The van der Waals surface area contributed by atoms with E-state index in [1.807, 2.05) is 24.3 Å². The number of nitrogens with two attached hydrogens (primary N) is 1. The summed E-state index contributed by atoms with van der Waals surface area (Å²) < 4.78 is 0.947. The number of pyridine rings is 1. The molecule has 3 nitrogen and oxygen atoms in total. The number of benzene rings is 1. The largest absolute Gasteiger partial charge is 0.271 e. The van der Waals surface area contributed by atoms with Crippen molar-refractivity contribution in [1.82, 2.24) is 10.4 Å². The average molecular weight is 361 g/mol. The van der Waals surface area contributed by atoms with Gasteiger partial charge in [0.15, 0.2) is 0 Å². The van der Waals surface area contributed by atoms with Gasteiger partial charge in [0, 0.05) is 15.7 Å². The number of hydrazine groups is 1. The van der Waals surface area contributed by atoms with E-state index < -0.39 is 0 Å². The van der Waals surface area contributed by atoms with Crippen molar-refractivity contribution in [3.8, 4) is 0 Å². The van der Waals surface area contributed by atoms with Crippen molar-refractivity contribution in [2.45, 2.75) is 12.5 Å². The average Bonchev–Trinajstić information content (AvgIpc) is 2.39. The van der Waals surface area contributed by atoms with Gasteiger partial charge in [0.05, 0.1) is 16.8 Å². The number of nitrogens with zero attached hydrogens (tertiary/aromatic N) is 1. The summed E-state index contributed by atoms with van der Waals surface area (Å²) in [5.41, 5.74) is 4.58. The summed E-state index contributed by atoms with van der Waals surface area (Å²) in [7, 11) is 0. The summed E-state index contributed by atoms with van der Waals surface area (Å²) in [6.07, 6.45) is 2.25. The lowest BCUT2D eigenvalue weighted by atomic mass is 10.0. The normalized spacial score (nSPS) is 12.4. The zero-order valence-electron chi connectivity index (χ0n) is 9.91. The first kappa shape index (κ1) is 14.8. The molecule has 0 amide bonds. The number of nitrogens with one attached hydrogen (secondary N) is 1. The van der Waals surface area contributed by atoms with Crippen molar-refractivity contribution in [3.63, 3.8) is 0 Å². The van der Waals surface area contributed by atoms with E-state index in [0.29, 0.717) is 16.5 Å². The van der Waals surface area contributed by atoms with E-state index in [1.165, 1.54) is 0 Å². The highest BCUT2D eigenvalue weighted by Crippen LogP contribution is 2.25. The Hall–Kier alpha value is -0.650. The van der Waals surface area contributed by atoms with Crippen molar-refractivity contribution >= 4 is 39.1 Å². The third-order valence-corrected chi connectivity index (χ3v) is 3.82. The summed E-state index contributed by atoms with van der Waals surface area (Å²) >= 11 is 15.4. The molecule has 2 aromatic rings. The van der Waals surface area contributed by atoms with Crippen LogP contribution in [0.4, 0.5) is 0 Å². The van der Waals surface area contributed by atoms with Crippen LogP contribution in [0, 0.1) is 0 Å². The molecular formula is C13H12BrCl2N3. The first-order valence-electron chi connectivity index (χ1n) is 5.61. The molecule has 19 heavy (non-hydrogen) atoms. The van der Waals surface area contributed by atoms with Gasteiger partial charge in [0.2, 0.25) is 0 Å². The molecule has 3 N–H and O–H groups in total. The van der Waals surface area contributed by atoms with Crippen LogP contribution in [0.1, 0.15) is 17.3 Å². The van der Waals surface area contributed by atoms with Crippen LogP contribution in [0.5, 0.6) is 0 Å². The molecule has 0 spiro atoms. The standard InChI is InChI=1S/C13H12BrCl2N3/c14-9-2-1-8(11(16)6-9)5-13(19-17)12-4-3-10(15)7-18-12/h1-4,6-7,13,19H,5,17H2. The van der Waals surface area contributed by atoms with Crippen molar-refractivity contribution in [3.05, 3.63) is 62.3 Å². The summed E-state index contributed by atoms with van der Waals surface area (Å²) in [4.78, 5) is 4.27. The van der Waals surface area contributed by atoms with Gasteiger partial charge >= 0.3 is 0 Å². The number of rotatable bonds is 4. The quantitative estimate of drug-likeness (QED) is 0.642. The number of aromatic nitrogens is 1.